The minimum absolute atomic E-state index is 0.109. The number of aromatic hydroxyl groups is 3. The van der Waals surface area contributed by atoms with Gasteiger partial charge in [-0.3, -0.25) is 0 Å². The van der Waals surface area contributed by atoms with Gasteiger partial charge in [-0.15, -0.1) is 0 Å². The van der Waals surface area contributed by atoms with Crippen LogP contribution < -0.4 is 4.74 Å². The summed E-state index contributed by atoms with van der Waals surface area (Å²) in [6, 6.07) is 22.7. The first-order valence-electron chi connectivity index (χ1n) is 10.3. The summed E-state index contributed by atoms with van der Waals surface area (Å²) in [7, 11) is 0. The fraction of sp³-hybridized carbons (Fsp3) is 0.0370. The molecule has 0 saturated heterocycles. The number of ether oxygens (including phenoxy) is 1. The standard InChI is InChI=1S/C27H16I2O4/c28-22-11-15(12-23(29)25(22)32)24-20-5-1-13-9-16(30)3-7-18(13)26(20)33-27-19-8-4-17(31)10-14(19)2-6-21(24)27/h1-12,24,30-32H. The highest BCUT2D eigenvalue weighted by Crippen LogP contribution is 2.53. The molecule has 3 N–H and O–H groups in total. The van der Waals surface area contributed by atoms with Crippen LogP contribution in [0.2, 0.25) is 0 Å². The Morgan fingerprint density at radius 3 is 1.58 bits per heavy atom. The zero-order chi connectivity index (χ0) is 22.9. The van der Waals surface area contributed by atoms with Crippen LogP contribution in [0.25, 0.3) is 21.5 Å². The largest absolute Gasteiger partial charge is 0.508 e. The summed E-state index contributed by atoms with van der Waals surface area (Å²) >= 11 is 4.33. The monoisotopic (exact) mass is 658 g/mol. The highest BCUT2D eigenvalue weighted by Gasteiger charge is 2.32. The van der Waals surface area contributed by atoms with Gasteiger partial charge in [-0.25, -0.2) is 0 Å². The third-order valence-electron chi connectivity index (χ3n) is 6.17. The summed E-state index contributed by atoms with van der Waals surface area (Å²) in [5, 5.41) is 34.0. The van der Waals surface area contributed by atoms with Gasteiger partial charge >= 0.3 is 0 Å². The molecule has 0 fully saturated rings. The van der Waals surface area contributed by atoms with Crippen LogP contribution in [-0.2, 0) is 0 Å². The van der Waals surface area contributed by atoms with Gasteiger partial charge in [0.2, 0.25) is 0 Å². The van der Waals surface area contributed by atoms with Crippen LogP contribution in [0.4, 0.5) is 0 Å². The third kappa shape index (κ3) is 3.30. The van der Waals surface area contributed by atoms with Crippen LogP contribution in [0.5, 0.6) is 28.7 Å². The molecule has 1 aliphatic heterocycles. The molecule has 4 nitrogen and oxygen atoms in total. The number of phenolic OH excluding ortho intramolecular Hbond substituents is 3. The third-order valence-corrected chi connectivity index (χ3v) is 7.81. The SMILES string of the molecule is Oc1ccc2c3c(ccc2c1)C(c1cc(I)c(O)c(I)c1)c1ccc2cc(O)ccc2c1O3. The predicted molar refractivity (Wildman–Crippen MR) is 146 cm³/mol. The summed E-state index contributed by atoms with van der Waals surface area (Å²) in [5.41, 5.74) is 3.11. The number of rotatable bonds is 1. The van der Waals surface area contributed by atoms with Gasteiger partial charge in [0.25, 0.3) is 0 Å². The lowest BCUT2D eigenvalue weighted by atomic mass is 9.80. The fourth-order valence-electron chi connectivity index (χ4n) is 4.67. The lowest BCUT2D eigenvalue weighted by Crippen LogP contribution is -2.13. The number of fused-ring (bicyclic) bond motifs is 6. The second-order valence-electron chi connectivity index (χ2n) is 8.15. The highest BCUT2D eigenvalue weighted by atomic mass is 127. The van der Waals surface area contributed by atoms with Gasteiger partial charge in [-0.1, -0.05) is 24.3 Å². The smallest absolute Gasteiger partial charge is 0.142 e. The van der Waals surface area contributed by atoms with E-state index in [1.54, 1.807) is 24.3 Å². The van der Waals surface area contributed by atoms with Gasteiger partial charge in [0, 0.05) is 27.8 Å². The van der Waals surface area contributed by atoms with Crippen molar-refractivity contribution >= 4 is 66.7 Å². The molecule has 0 aliphatic carbocycles. The van der Waals surface area contributed by atoms with E-state index >= 15 is 0 Å². The van der Waals surface area contributed by atoms with Crippen molar-refractivity contribution in [2.24, 2.45) is 0 Å². The van der Waals surface area contributed by atoms with Crippen LogP contribution in [0.3, 0.4) is 0 Å². The van der Waals surface area contributed by atoms with Crippen LogP contribution in [0.15, 0.2) is 72.8 Å². The van der Waals surface area contributed by atoms with E-state index in [9.17, 15) is 15.3 Å². The molecule has 0 amide bonds. The molecule has 0 aromatic heterocycles. The zero-order valence-electron chi connectivity index (χ0n) is 17.0. The number of hydrogen-bond acceptors (Lipinski definition) is 4. The molecule has 6 rings (SSSR count). The summed E-state index contributed by atoms with van der Waals surface area (Å²) < 4.78 is 8.19. The lowest BCUT2D eigenvalue weighted by molar-refractivity contribution is 0.461. The Bertz CT molecular complexity index is 1500. The van der Waals surface area contributed by atoms with E-state index in [-0.39, 0.29) is 23.2 Å². The maximum Gasteiger partial charge on any atom is 0.142 e. The van der Waals surface area contributed by atoms with Crippen LogP contribution in [-0.4, -0.2) is 15.3 Å². The molecular formula is C27H16I2O4. The minimum atomic E-state index is -0.109. The number of hydrogen-bond donors (Lipinski definition) is 3. The Morgan fingerprint density at radius 2 is 1.09 bits per heavy atom. The minimum Gasteiger partial charge on any atom is -0.508 e. The van der Waals surface area contributed by atoms with Crippen molar-refractivity contribution in [2.45, 2.75) is 5.92 Å². The van der Waals surface area contributed by atoms with Gasteiger partial charge in [0.1, 0.15) is 28.7 Å². The maximum atomic E-state index is 10.4. The Kier molecular flexibility index (Phi) is 4.84. The number of halogens is 2. The molecule has 0 unspecified atom stereocenters. The van der Waals surface area contributed by atoms with Crippen molar-refractivity contribution in [1.82, 2.24) is 0 Å². The van der Waals surface area contributed by atoms with Crippen molar-refractivity contribution in [1.29, 1.82) is 0 Å². The number of phenols is 3. The molecule has 0 radical (unpaired) electrons. The molecular weight excluding hydrogens is 642 g/mol. The second-order valence-corrected chi connectivity index (χ2v) is 10.5. The fourth-order valence-corrected chi connectivity index (χ4v) is 6.49. The van der Waals surface area contributed by atoms with Crippen molar-refractivity contribution < 1.29 is 20.1 Å². The van der Waals surface area contributed by atoms with E-state index < -0.39 is 0 Å². The van der Waals surface area contributed by atoms with E-state index in [4.69, 9.17) is 4.74 Å². The summed E-state index contributed by atoms with van der Waals surface area (Å²) in [5.74, 6) is 2.10. The predicted octanol–water partition coefficient (Wildman–Crippen LogP) is 7.60. The van der Waals surface area contributed by atoms with E-state index in [2.05, 4.69) is 57.3 Å². The molecule has 162 valence electrons. The van der Waals surface area contributed by atoms with Gasteiger partial charge in [-0.05, 0) is 110 Å². The molecule has 0 atom stereocenters. The Labute approximate surface area is 216 Å². The van der Waals surface area contributed by atoms with Gasteiger partial charge in [0.15, 0.2) is 0 Å². The first-order valence-corrected chi connectivity index (χ1v) is 12.4. The highest BCUT2D eigenvalue weighted by molar-refractivity contribution is 14.1. The molecule has 0 spiro atoms. The molecule has 5 aromatic rings. The van der Waals surface area contributed by atoms with Crippen LogP contribution in [0, 0.1) is 7.14 Å². The first-order chi connectivity index (χ1) is 15.9. The normalized spacial score (nSPS) is 13.0. The Hall–Kier alpha value is -2.72. The molecule has 33 heavy (non-hydrogen) atoms. The van der Waals surface area contributed by atoms with Gasteiger partial charge < -0.3 is 20.1 Å². The lowest BCUT2D eigenvalue weighted by Gasteiger charge is -2.31. The quantitative estimate of drug-likeness (QED) is 0.159. The van der Waals surface area contributed by atoms with E-state index in [0.29, 0.717) is 0 Å². The average molecular weight is 658 g/mol. The second kappa shape index (κ2) is 7.66. The molecule has 6 heteroatoms. The number of benzene rings is 5. The Morgan fingerprint density at radius 1 is 0.606 bits per heavy atom. The summed E-state index contributed by atoms with van der Waals surface area (Å²) in [6.45, 7) is 0. The van der Waals surface area contributed by atoms with Crippen molar-refractivity contribution in [3.63, 3.8) is 0 Å². The molecule has 0 saturated carbocycles. The molecule has 5 aromatic carbocycles. The van der Waals surface area contributed by atoms with E-state index in [1.165, 1.54) is 0 Å². The van der Waals surface area contributed by atoms with Gasteiger partial charge in [0.05, 0.1) is 7.14 Å². The molecule has 1 aliphatic rings. The van der Waals surface area contributed by atoms with Crippen molar-refractivity contribution in [3.8, 4) is 28.7 Å². The van der Waals surface area contributed by atoms with Crippen molar-refractivity contribution in [2.75, 3.05) is 0 Å². The van der Waals surface area contributed by atoms with Crippen LogP contribution >= 0.6 is 45.2 Å². The van der Waals surface area contributed by atoms with E-state index in [1.807, 2.05) is 36.4 Å². The van der Waals surface area contributed by atoms with E-state index in [0.717, 1.165) is 56.9 Å². The first kappa shape index (κ1) is 20.9. The summed E-state index contributed by atoms with van der Waals surface area (Å²) in [6.07, 6.45) is 0. The van der Waals surface area contributed by atoms with Gasteiger partial charge in [-0.2, -0.15) is 0 Å². The summed E-state index contributed by atoms with van der Waals surface area (Å²) in [4.78, 5) is 0. The molecule has 0 bridgehead atoms. The maximum absolute atomic E-state index is 10.4. The molecule has 1 heterocycles. The average Bonchev–Trinajstić information content (AvgIpc) is 2.80. The van der Waals surface area contributed by atoms with Crippen LogP contribution in [0.1, 0.15) is 22.6 Å². The topological polar surface area (TPSA) is 69.9 Å². The van der Waals surface area contributed by atoms with Crippen molar-refractivity contribution in [3.05, 3.63) is 96.6 Å². The Balaban J connectivity index is 1.70. The zero-order valence-corrected chi connectivity index (χ0v) is 21.3.